The molecule has 1 saturated heterocycles. The highest BCUT2D eigenvalue weighted by Gasteiger charge is 2.56. The molecule has 5 atom stereocenters. The quantitative estimate of drug-likeness (QED) is 0.360. The maximum atomic E-state index is 11.7. The molecule has 2 saturated carbocycles. The van der Waals surface area contributed by atoms with Crippen molar-refractivity contribution in [2.45, 2.75) is 31.5 Å². The number of carbonyl (C=O) groups excluding carboxylic acids is 2. The summed E-state index contributed by atoms with van der Waals surface area (Å²) in [7, 11) is 1.35. The highest BCUT2D eigenvalue weighted by Crippen LogP contribution is 2.51. The summed E-state index contributed by atoms with van der Waals surface area (Å²) in [6.45, 7) is 0. The molecule has 0 aromatic rings. The molecule has 3 aliphatic rings. The zero-order valence-corrected chi connectivity index (χ0v) is 8.64. The van der Waals surface area contributed by atoms with Crippen molar-refractivity contribution >= 4 is 11.8 Å². The number of ketones is 1. The number of carbonyl (C=O) groups is 2. The smallest absolute Gasteiger partial charge is 0.316 e. The van der Waals surface area contributed by atoms with E-state index in [1.165, 1.54) is 7.11 Å². The summed E-state index contributed by atoms with van der Waals surface area (Å²) in [6, 6.07) is 0. The van der Waals surface area contributed by atoms with Crippen molar-refractivity contribution in [2.24, 2.45) is 17.8 Å². The van der Waals surface area contributed by atoms with Crippen molar-refractivity contribution in [2.75, 3.05) is 7.11 Å². The molecule has 15 heavy (non-hydrogen) atoms. The number of fused-ring (bicyclic) bond motifs is 2. The summed E-state index contributed by atoms with van der Waals surface area (Å²) < 4.78 is 10.1. The Balaban J connectivity index is 1.82. The Kier molecular flexibility index (Phi) is 1.89. The van der Waals surface area contributed by atoms with Crippen LogP contribution in [0.25, 0.3) is 0 Å². The number of hydrogen-bond acceptors (Lipinski definition) is 4. The summed E-state index contributed by atoms with van der Waals surface area (Å²) in [4.78, 5) is 23.2. The summed E-state index contributed by atoms with van der Waals surface area (Å²) in [5.74, 6) is -0.269. The van der Waals surface area contributed by atoms with Gasteiger partial charge >= 0.3 is 5.97 Å². The average Bonchev–Trinajstić information content (AvgIpc) is 2.88. The van der Waals surface area contributed by atoms with Gasteiger partial charge in [0.15, 0.2) is 0 Å². The monoisotopic (exact) mass is 210 g/mol. The average molecular weight is 210 g/mol. The molecule has 1 heterocycles. The molecule has 1 aliphatic heterocycles. The SMILES string of the molecule is COC(=O)C1C(=O)C[C@@H]2C[C@@H]3O[C@@H]3CC12. The van der Waals surface area contributed by atoms with Gasteiger partial charge in [0, 0.05) is 6.42 Å². The molecule has 2 unspecified atom stereocenters. The second-order valence-electron chi connectivity index (χ2n) is 4.78. The fourth-order valence-corrected chi connectivity index (χ4v) is 3.23. The van der Waals surface area contributed by atoms with E-state index >= 15 is 0 Å². The van der Waals surface area contributed by atoms with E-state index in [2.05, 4.69) is 0 Å². The summed E-state index contributed by atoms with van der Waals surface area (Å²) in [5.41, 5.74) is 0. The lowest BCUT2D eigenvalue weighted by molar-refractivity contribution is -0.150. The van der Waals surface area contributed by atoms with Gasteiger partial charge in [0.2, 0.25) is 0 Å². The number of hydrogen-bond donors (Lipinski definition) is 0. The molecule has 4 nitrogen and oxygen atoms in total. The number of ether oxygens (including phenoxy) is 2. The van der Waals surface area contributed by atoms with Crippen molar-refractivity contribution < 1.29 is 19.1 Å². The highest BCUT2D eigenvalue weighted by atomic mass is 16.6. The molecule has 0 aromatic carbocycles. The molecule has 0 bridgehead atoms. The van der Waals surface area contributed by atoms with E-state index < -0.39 is 5.92 Å². The van der Waals surface area contributed by atoms with Crippen LogP contribution in [0.3, 0.4) is 0 Å². The fourth-order valence-electron chi connectivity index (χ4n) is 3.23. The third-order valence-corrected chi connectivity index (χ3v) is 4.03. The van der Waals surface area contributed by atoms with Crippen molar-refractivity contribution in [3.05, 3.63) is 0 Å². The summed E-state index contributed by atoms with van der Waals surface area (Å²) in [5, 5.41) is 0. The maximum absolute atomic E-state index is 11.7. The summed E-state index contributed by atoms with van der Waals surface area (Å²) >= 11 is 0. The summed E-state index contributed by atoms with van der Waals surface area (Å²) in [6.07, 6.45) is 3.03. The molecule has 3 fully saturated rings. The van der Waals surface area contributed by atoms with Gasteiger partial charge in [0.1, 0.15) is 11.7 Å². The lowest BCUT2D eigenvalue weighted by atomic mass is 9.78. The zero-order chi connectivity index (χ0) is 10.6. The molecular weight excluding hydrogens is 196 g/mol. The van der Waals surface area contributed by atoms with Crippen LogP contribution in [-0.4, -0.2) is 31.1 Å². The first-order valence-corrected chi connectivity index (χ1v) is 5.46. The molecule has 0 spiro atoms. The molecular formula is C11H14O4. The highest BCUT2D eigenvalue weighted by molar-refractivity contribution is 6.01. The molecule has 0 aromatic heterocycles. The van der Waals surface area contributed by atoms with Gasteiger partial charge < -0.3 is 9.47 Å². The van der Waals surface area contributed by atoms with Gasteiger partial charge in [0.25, 0.3) is 0 Å². The third-order valence-electron chi connectivity index (χ3n) is 4.03. The normalized spacial score (nSPS) is 47.0. The Hall–Kier alpha value is -0.900. The van der Waals surface area contributed by atoms with Crippen LogP contribution in [-0.2, 0) is 19.1 Å². The second kappa shape index (κ2) is 3.04. The van der Waals surface area contributed by atoms with E-state index in [0.717, 1.165) is 12.8 Å². The minimum absolute atomic E-state index is 0.0677. The minimum Gasteiger partial charge on any atom is -0.468 e. The Morgan fingerprint density at radius 2 is 2.13 bits per heavy atom. The van der Waals surface area contributed by atoms with E-state index in [1.54, 1.807) is 0 Å². The number of esters is 1. The Morgan fingerprint density at radius 3 is 2.87 bits per heavy atom. The molecule has 3 rings (SSSR count). The number of methoxy groups -OCH3 is 1. The van der Waals surface area contributed by atoms with E-state index in [1.807, 2.05) is 0 Å². The molecule has 0 radical (unpaired) electrons. The van der Waals surface area contributed by atoms with Gasteiger partial charge in [-0.2, -0.15) is 0 Å². The van der Waals surface area contributed by atoms with Crippen LogP contribution in [0.1, 0.15) is 19.3 Å². The maximum Gasteiger partial charge on any atom is 0.316 e. The van der Waals surface area contributed by atoms with Crippen LogP contribution in [0.15, 0.2) is 0 Å². The van der Waals surface area contributed by atoms with Crippen molar-refractivity contribution in [3.8, 4) is 0 Å². The Morgan fingerprint density at radius 1 is 1.40 bits per heavy atom. The second-order valence-corrected chi connectivity index (χ2v) is 4.78. The first kappa shape index (κ1) is 9.33. The molecule has 2 aliphatic carbocycles. The van der Waals surface area contributed by atoms with Crippen molar-refractivity contribution in [1.82, 2.24) is 0 Å². The van der Waals surface area contributed by atoms with Gasteiger partial charge in [-0.15, -0.1) is 0 Å². The van der Waals surface area contributed by atoms with Crippen LogP contribution in [0.4, 0.5) is 0 Å². The van der Waals surface area contributed by atoms with E-state index in [0.29, 0.717) is 24.5 Å². The third kappa shape index (κ3) is 1.31. The minimum atomic E-state index is -0.509. The molecule has 0 amide bonds. The standard InChI is InChI=1S/C11H14O4/c1-14-11(13)10-6-4-9-8(15-9)3-5(6)2-7(10)12/h5-6,8-10H,2-4H2,1H3/t5-,6?,8+,9-,10?/m1/s1. The van der Waals surface area contributed by atoms with Gasteiger partial charge in [0.05, 0.1) is 19.3 Å². The van der Waals surface area contributed by atoms with Crippen LogP contribution >= 0.6 is 0 Å². The van der Waals surface area contributed by atoms with E-state index in [-0.39, 0.29) is 17.7 Å². The van der Waals surface area contributed by atoms with Gasteiger partial charge in [-0.3, -0.25) is 9.59 Å². The number of rotatable bonds is 1. The van der Waals surface area contributed by atoms with Crippen LogP contribution < -0.4 is 0 Å². The first-order valence-electron chi connectivity index (χ1n) is 5.46. The molecule has 82 valence electrons. The fraction of sp³-hybridized carbons (Fsp3) is 0.818. The van der Waals surface area contributed by atoms with Gasteiger partial charge in [-0.25, -0.2) is 0 Å². The Labute approximate surface area is 87.9 Å². The number of epoxide rings is 1. The van der Waals surface area contributed by atoms with Crippen molar-refractivity contribution in [1.29, 1.82) is 0 Å². The molecule has 0 N–H and O–H groups in total. The van der Waals surface area contributed by atoms with E-state index in [4.69, 9.17) is 9.47 Å². The van der Waals surface area contributed by atoms with Crippen molar-refractivity contribution in [3.63, 3.8) is 0 Å². The lowest BCUT2D eigenvalue weighted by Crippen LogP contribution is -2.31. The molecule has 4 heteroatoms. The Bertz CT molecular complexity index is 325. The topological polar surface area (TPSA) is 55.9 Å². The van der Waals surface area contributed by atoms with Crippen LogP contribution in [0, 0.1) is 17.8 Å². The first-order chi connectivity index (χ1) is 7.20. The van der Waals surface area contributed by atoms with Crippen LogP contribution in [0.5, 0.6) is 0 Å². The largest absolute Gasteiger partial charge is 0.468 e. The number of Topliss-reactive ketones (excluding diaryl/α,β-unsaturated/α-hetero) is 1. The lowest BCUT2D eigenvalue weighted by Gasteiger charge is -2.24. The predicted molar refractivity (Wildman–Crippen MR) is 50.0 cm³/mol. The van der Waals surface area contributed by atoms with Gasteiger partial charge in [-0.1, -0.05) is 0 Å². The van der Waals surface area contributed by atoms with E-state index in [9.17, 15) is 9.59 Å². The zero-order valence-electron chi connectivity index (χ0n) is 8.64. The predicted octanol–water partition coefficient (Wildman–Crippen LogP) is 0.542. The van der Waals surface area contributed by atoms with Crippen LogP contribution in [0.2, 0.25) is 0 Å². The van der Waals surface area contributed by atoms with Gasteiger partial charge in [-0.05, 0) is 24.7 Å².